The number of rotatable bonds is 4. The number of nitrogens with zero attached hydrogens (tertiary/aromatic N) is 1. The summed E-state index contributed by atoms with van der Waals surface area (Å²) in [5, 5.41) is 5.94. The van der Waals surface area contributed by atoms with E-state index >= 15 is 0 Å². The van der Waals surface area contributed by atoms with Crippen molar-refractivity contribution in [3.05, 3.63) is 15.6 Å². The predicted molar refractivity (Wildman–Crippen MR) is 81.4 cm³/mol. The fraction of sp³-hybridized carbons (Fsp3) is 0.750. The van der Waals surface area contributed by atoms with Crippen LogP contribution in [0, 0.1) is 6.92 Å². The molecule has 1 aliphatic heterocycles. The summed E-state index contributed by atoms with van der Waals surface area (Å²) in [4.78, 5) is 6.19. The quantitative estimate of drug-likeness (QED) is 0.917. The van der Waals surface area contributed by atoms with Gasteiger partial charge in [0, 0.05) is 28.2 Å². The van der Waals surface area contributed by atoms with Crippen molar-refractivity contribution in [2.45, 2.75) is 37.3 Å². The van der Waals surface area contributed by atoms with E-state index < -0.39 is 0 Å². The number of thioether (sulfide) groups is 2. The number of nitrogens with one attached hydrogen (secondary N) is 1. The third kappa shape index (κ3) is 3.19. The van der Waals surface area contributed by atoms with Crippen LogP contribution < -0.4 is 5.32 Å². The van der Waals surface area contributed by atoms with Gasteiger partial charge in [-0.3, -0.25) is 0 Å². The molecule has 1 aliphatic rings. The van der Waals surface area contributed by atoms with Gasteiger partial charge in [-0.1, -0.05) is 6.92 Å². The average Bonchev–Trinajstić information content (AvgIpc) is 2.71. The highest BCUT2D eigenvalue weighted by Crippen LogP contribution is 2.45. The van der Waals surface area contributed by atoms with Crippen LogP contribution in [0.2, 0.25) is 0 Å². The molecule has 1 N–H and O–H groups in total. The summed E-state index contributed by atoms with van der Waals surface area (Å²) in [6, 6.07) is 0. The standard InChI is InChI=1S/C12H20N2S3/c1-4-9-11(16-6-5-15-9)12-14-8(2)10(17-12)7-13-3/h9,11,13H,4-7H2,1-3H3. The molecule has 2 unspecified atom stereocenters. The van der Waals surface area contributed by atoms with Gasteiger partial charge < -0.3 is 5.32 Å². The highest BCUT2D eigenvalue weighted by Gasteiger charge is 2.29. The lowest BCUT2D eigenvalue weighted by Gasteiger charge is -2.28. The maximum atomic E-state index is 4.80. The summed E-state index contributed by atoms with van der Waals surface area (Å²) in [5.41, 5.74) is 1.21. The van der Waals surface area contributed by atoms with Gasteiger partial charge in [-0.25, -0.2) is 4.98 Å². The lowest BCUT2D eigenvalue weighted by molar-refractivity contribution is 0.785. The van der Waals surface area contributed by atoms with E-state index in [1.54, 1.807) is 0 Å². The molecule has 1 aromatic rings. The summed E-state index contributed by atoms with van der Waals surface area (Å²) < 4.78 is 0. The van der Waals surface area contributed by atoms with Gasteiger partial charge in [0.15, 0.2) is 0 Å². The van der Waals surface area contributed by atoms with Gasteiger partial charge in [0.05, 0.1) is 10.9 Å². The van der Waals surface area contributed by atoms with E-state index in [2.05, 4.69) is 42.7 Å². The van der Waals surface area contributed by atoms with Gasteiger partial charge in [-0.15, -0.1) is 23.1 Å². The van der Waals surface area contributed by atoms with E-state index in [1.807, 2.05) is 18.4 Å². The molecule has 0 bridgehead atoms. The molecular formula is C12H20N2S3. The molecule has 0 spiro atoms. The lowest BCUT2D eigenvalue weighted by atomic mass is 10.2. The summed E-state index contributed by atoms with van der Waals surface area (Å²) >= 11 is 6.12. The molecule has 2 heterocycles. The van der Waals surface area contributed by atoms with Crippen LogP contribution in [0.5, 0.6) is 0 Å². The lowest BCUT2D eigenvalue weighted by Crippen LogP contribution is -2.18. The normalized spacial score (nSPS) is 25.1. The van der Waals surface area contributed by atoms with Crippen molar-refractivity contribution in [1.82, 2.24) is 10.3 Å². The van der Waals surface area contributed by atoms with Crippen molar-refractivity contribution in [3.8, 4) is 0 Å². The maximum absolute atomic E-state index is 4.80. The molecule has 0 saturated carbocycles. The van der Waals surface area contributed by atoms with Crippen LogP contribution in [0.1, 0.15) is 34.2 Å². The van der Waals surface area contributed by atoms with Crippen LogP contribution in [0.15, 0.2) is 0 Å². The average molecular weight is 289 g/mol. The number of thiazole rings is 1. The molecule has 2 nitrogen and oxygen atoms in total. The molecule has 0 aromatic carbocycles. The molecule has 1 fully saturated rings. The van der Waals surface area contributed by atoms with Crippen molar-refractivity contribution in [3.63, 3.8) is 0 Å². The summed E-state index contributed by atoms with van der Waals surface area (Å²) in [6.07, 6.45) is 1.25. The van der Waals surface area contributed by atoms with Crippen molar-refractivity contribution < 1.29 is 0 Å². The van der Waals surface area contributed by atoms with Crippen molar-refractivity contribution in [2.75, 3.05) is 18.6 Å². The molecule has 96 valence electrons. The topological polar surface area (TPSA) is 24.9 Å². The highest BCUT2D eigenvalue weighted by molar-refractivity contribution is 8.06. The van der Waals surface area contributed by atoms with Gasteiger partial charge in [-0.2, -0.15) is 11.8 Å². The first-order valence-corrected chi connectivity index (χ1v) is 9.01. The fourth-order valence-electron chi connectivity index (χ4n) is 2.03. The Bertz CT molecular complexity index is 365. The van der Waals surface area contributed by atoms with Crippen LogP contribution in [-0.4, -0.2) is 28.8 Å². The fourth-order valence-corrected chi connectivity index (χ4v) is 6.53. The smallest absolute Gasteiger partial charge is 0.107 e. The SMILES string of the molecule is CCC1SCCSC1c1nc(C)c(CNC)s1. The van der Waals surface area contributed by atoms with E-state index in [1.165, 1.54) is 33.5 Å². The van der Waals surface area contributed by atoms with Crippen molar-refractivity contribution >= 4 is 34.9 Å². The largest absolute Gasteiger partial charge is 0.315 e. The third-order valence-electron chi connectivity index (χ3n) is 2.94. The summed E-state index contributed by atoms with van der Waals surface area (Å²) in [6.45, 7) is 5.38. The first-order valence-electron chi connectivity index (χ1n) is 6.10. The maximum Gasteiger partial charge on any atom is 0.107 e. The first-order chi connectivity index (χ1) is 8.26. The predicted octanol–water partition coefficient (Wildman–Crippen LogP) is 3.47. The Kier molecular flexibility index (Phi) is 5.21. The molecule has 0 aliphatic carbocycles. The molecular weight excluding hydrogens is 268 g/mol. The zero-order chi connectivity index (χ0) is 12.3. The second kappa shape index (κ2) is 6.45. The zero-order valence-electron chi connectivity index (χ0n) is 10.7. The Morgan fingerprint density at radius 1 is 1.35 bits per heavy atom. The third-order valence-corrected chi connectivity index (χ3v) is 7.59. The molecule has 0 amide bonds. The minimum Gasteiger partial charge on any atom is -0.315 e. The first kappa shape index (κ1) is 13.7. The van der Waals surface area contributed by atoms with E-state index in [0.717, 1.165) is 11.8 Å². The second-order valence-electron chi connectivity index (χ2n) is 4.20. The van der Waals surface area contributed by atoms with Gasteiger partial charge in [0.2, 0.25) is 0 Å². The van der Waals surface area contributed by atoms with Gasteiger partial charge in [-0.05, 0) is 20.4 Å². The second-order valence-corrected chi connectivity index (χ2v) is 7.91. The molecule has 2 rings (SSSR count). The summed E-state index contributed by atoms with van der Waals surface area (Å²) in [7, 11) is 2.00. The number of hydrogen-bond acceptors (Lipinski definition) is 5. The van der Waals surface area contributed by atoms with Crippen molar-refractivity contribution in [2.24, 2.45) is 0 Å². The molecule has 1 aromatic heterocycles. The monoisotopic (exact) mass is 288 g/mol. The highest BCUT2D eigenvalue weighted by atomic mass is 32.2. The molecule has 5 heteroatoms. The Balaban J connectivity index is 2.17. The molecule has 2 atom stereocenters. The van der Waals surface area contributed by atoms with E-state index in [9.17, 15) is 0 Å². The van der Waals surface area contributed by atoms with Gasteiger partial charge in [0.25, 0.3) is 0 Å². The Hall–Kier alpha value is 0.290. The molecule has 17 heavy (non-hydrogen) atoms. The van der Waals surface area contributed by atoms with Crippen molar-refractivity contribution in [1.29, 1.82) is 0 Å². The molecule has 0 radical (unpaired) electrons. The van der Waals surface area contributed by atoms with Crippen LogP contribution >= 0.6 is 34.9 Å². The minimum absolute atomic E-state index is 0.619. The molecule has 1 saturated heterocycles. The number of hydrogen-bond donors (Lipinski definition) is 1. The van der Waals surface area contributed by atoms with Crippen LogP contribution in [-0.2, 0) is 6.54 Å². The number of aryl methyl sites for hydroxylation is 1. The summed E-state index contributed by atoms with van der Waals surface area (Å²) in [5.74, 6) is 2.57. The Morgan fingerprint density at radius 2 is 2.12 bits per heavy atom. The Labute approximate surface area is 116 Å². The number of aromatic nitrogens is 1. The zero-order valence-corrected chi connectivity index (χ0v) is 13.1. The van der Waals surface area contributed by atoms with Crippen LogP contribution in [0.3, 0.4) is 0 Å². The Morgan fingerprint density at radius 3 is 2.82 bits per heavy atom. The van der Waals surface area contributed by atoms with E-state index in [-0.39, 0.29) is 0 Å². The van der Waals surface area contributed by atoms with Gasteiger partial charge in [0.1, 0.15) is 5.01 Å². The van der Waals surface area contributed by atoms with Crippen LogP contribution in [0.25, 0.3) is 0 Å². The van der Waals surface area contributed by atoms with E-state index in [0.29, 0.717) is 5.25 Å². The van der Waals surface area contributed by atoms with E-state index in [4.69, 9.17) is 4.98 Å². The minimum atomic E-state index is 0.619. The van der Waals surface area contributed by atoms with Crippen LogP contribution in [0.4, 0.5) is 0 Å². The van der Waals surface area contributed by atoms with Gasteiger partial charge >= 0.3 is 0 Å².